The van der Waals surface area contributed by atoms with Crippen molar-refractivity contribution in [2.24, 2.45) is 0 Å². The van der Waals surface area contributed by atoms with Crippen LogP contribution in [0.3, 0.4) is 0 Å². The van der Waals surface area contributed by atoms with Crippen molar-refractivity contribution in [3.05, 3.63) is 83.8 Å². The molecule has 2 heterocycles. The van der Waals surface area contributed by atoms with Gasteiger partial charge >= 0.3 is 0 Å². The number of carbonyl (C=O) groups excluding carboxylic acids is 1. The quantitative estimate of drug-likeness (QED) is 0.804. The summed E-state index contributed by atoms with van der Waals surface area (Å²) >= 11 is 0. The first-order chi connectivity index (χ1) is 11.2. The van der Waals surface area contributed by atoms with Crippen molar-refractivity contribution in [3.8, 4) is 11.3 Å². The van der Waals surface area contributed by atoms with Crippen LogP contribution in [0.2, 0.25) is 0 Å². The lowest BCUT2D eigenvalue weighted by molar-refractivity contribution is 0.0950. The van der Waals surface area contributed by atoms with Crippen LogP contribution < -0.4 is 5.32 Å². The second-order valence-corrected chi connectivity index (χ2v) is 5.34. The lowest BCUT2D eigenvalue weighted by Crippen LogP contribution is -2.22. The van der Waals surface area contributed by atoms with E-state index < -0.39 is 0 Å². The first kappa shape index (κ1) is 14.9. The van der Waals surface area contributed by atoms with Crippen LogP contribution in [0.4, 0.5) is 0 Å². The minimum absolute atomic E-state index is 0.142. The summed E-state index contributed by atoms with van der Waals surface area (Å²) < 4.78 is 0. The predicted octanol–water partition coefficient (Wildman–Crippen LogP) is 3.38. The highest BCUT2D eigenvalue weighted by Crippen LogP contribution is 2.17. The molecule has 0 saturated carbocycles. The van der Waals surface area contributed by atoms with Crippen molar-refractivity contribution in [2.75, 3.05) is 0 Å². The van der Waals surface area contributed by atoms with Gasteiger partial charge in [-0.25, -0.2) is 0 Å². The van der Waals surface area contributed by atoms with E-state index in [2.05, 4.69) is 15.3 Å². The number of benzene rings is 1. The van der Waals surface area contributed by atoms with Gasteiger partial charge in [0.05, 0.1) is 11.3 Å². The normalized spacial score (nSPS) is 10.3. The molecule has 23 heavy (non-hydrogen) atoms. The summed E-state index contributed by atoms with van der Waals surface area (Å²) in [6, 6.07) is 15.6. The minimum atomic E-state index is -0.142. The number of aryl methyl sites for hydroxylation is 1. The maximum absolute atomic E-state index is 12.1. The fourth-order valence-electron chi connectivity index (χ4n) is 2.21. The first-order valence-corrected chi connectivity index (χ1v) is 7.42. The third-order valence-electron chi connectivity index (χ3n) is 3.55. The summed E-state index contributed by atoms with van der Waals surface area (Å²) in [7, 11) is 0. The largest absolute Gasteiger partial charge is 0.348 e. The molecule has 1 amide bonds. The number of carbonyl (C=O) groups is 1. The lowest BCUT2D eigenvalue weighted by atomic mass is 10.1. The molecular formula is C19H17N3O. The van der Waals surface area contributed by atoms with Gasteiger partial charge in [-0.3, -0.25) is 14.8 Å². The number of hydrogen-bond acceptors (Lipinski definition) is 3. The van der Waals surface area contributed by atoms with Gasteiger partial charge in [0.2, 0.25) is 0 Å². The highest BCUT2D eigenvalue weighted by Gasteiger charge is 2.07. The van der Waals surface area contributed by atoms with Gasteiger partial charge in [-0.15, -0.1) is 0 Å². The van der Waals surface area contributed by atoms with Gasteiger partial charge in [0.25, 0.3) is 5.91 Å². The molecular weight excluding hydrogens is 286 g/mol. The predicted molar refractivity (Wildman–Crippen MR) is 89.8 cm³/mol. The van der Waals surface area contributed by atoms with E-state index in [1.54, 1.807) is 24.7 Å². The van der Waals surface area contributed by atoms with Crippen LogP contribution in [0.25, 0.3) is 11.3 Å². The Balaban J connectivity index is 1.67. The number of hydrogen-bond donors (Lipinski definition) is 1. The Morgan fingerprint density at radius 3 is 2.52 bits per heavy atom. The van der Waals surface area contributed by atoms with Crippen LogP contribution in [-0.4, -0.2) is 15.9 Å². The molecule has 0 aliphatic heterocycles. The van der Waals surface area contributed by atoms with Gasteiger partial charge in [0, 0.05) is 30.7 Å². The third kappa shape index (κ3) is 3.80. The van der Waals surface area contributed by atoms with Crippen molar-refractivity contribution < 1.29 is 4.79 Å². The standard InChI is InChI=1S/C19H17N3O/c1-14-4-6-16(7-5-14)18-9-8-17(13-21-18)19(23)22-12-15-3-2-10-20-11-15/h2-11,13H,12H2,1H3,(H,22,23). The second kappa shape index (κ2) is 6.83. The van der Waals surface area contributed by atoms with Crippen molar-refractivity contribution >= 4 is 5.91 Å². The Bertz CT molecular complexity index is 781. The van der Waals surface area contributed by atoms with E-state index in [1.807, 2.05) is 49.4 Å². The van der Waals surface area contributed by atoms with E-state index in [9.17, 15) is 4.79 Å². The molecule has 4 heteroatoms. The zero-order valence-corrected chi connectivity index (χ0v) is 12.9. The Morgan fingerprint density at radius 2 is 1.87 bits per heavy atom. The molecule has 0 aliphatic rings. The van der Waals surface area contributed by atoms with Gasteiger partial charge in [-0.05, 0) is 30.7 Å². The Kier molecular flexibility index (Phi) is 4.43. The highest BCUT2D eigenvalue weighted by molar-refractivity contribution is 5.94. The molecule has 4 nitrogen and oxygen atoms in total. The van der Waals surface area contributed by atoms with Crippen LogP contribution >= 0.6 is 0 Å². The number of nitrogens with zero attached hydrogens (tertiary/aromatic N) is 2. The summed E-state index contributed by atoms with van der Waals surface area (Å²) in [5.74, 6) is -0.142. The number of amides is 1. The van der Waals surface area contributed by atoms with Gasteiger partial charge in [0.1, 0.15) is 0 Å². The smallest absolute Gasteiger partial charge is 0.253 e. The van der Waals surface area contributed by atoms with Crippen LogP contribution in [0, 0.1) is 6.92 Å². The van der Waals surface area contributed by atoms with Crippen molar-refractivity contribution in [2.45, 2.75) is 13.5 Å². The van der Waals surface area contributed by atoms with Crippen LogP contribution in [0.5, 0.6) is 0 Å². The first-order valence-electron chi connectivity index (χ1n) is 7.42. The lowest BCUT2D eigenvalue weighted by Gasteiger charge is -2.06. The Hall–Kier alpha value is -3.01. The molecule has 0 aliphatic carbocycles. The summed E-state index contributed by atoms with van der Waals surface area (Å²) in [6.45, 7) is 2.50. The molecule has 0 atom stereocenters. The zero-order valence-electron chi connectivity index (χ0n) is 12.9. The van der Waals surface area contributed by atoms with E-state index in [1.165, 1.54) is 5.56 Å². The maximum Gasteiger partial charge on any atom is 0.253 e. The number of pyridine rings is 2. The number of rotatable bonds is 4. The summed E-state index contributed by atoms with van der Waals surface area (Å²) in [5.41, 5.74) is 4.61. The number of nitrogens with one attached hydrogen (secondary N) is 1. The van der Waals surface area contributed by atoms with Gasteiger partial charge < -0.3 is 5.32 Å². The molecule has 1 aromatic carbocycles. The van der Waals surface area contributed by atoms with Crippen LogP contribution in [0.15, 0.2) is 67.1 Å². The highest BCUT2D eigenvalue weighted by atomic mass is 16.1. The molecule has 2 aromatic heterocycles. The minimum Gasteiger partial charge on any atom is -0.348 e. The molecule has 1 N–H and O–H groups in total. The van der Waals surface area contributed by atoms with Crippen molar-refractivity contribution in [1.29, 1.82) is 0 Å². The SMILES string of the molecule is Cc1ccc(-c2ccc(C(=O)NCc3cccnc3)cn2)cc1. The molecule has 0 spiro atoms. The second-order valence-electron chi connectivity index (χ2n) is 5.34. The van der Waals surface area contributed by atoms with Crippen LogP contribution in [0.1, 0.15) is 21.5 Å². The maximum atomic E-state index is 12.1. The van der Waals surface area contributed by atoms with Crippen molar-refractivity contribution in [3.63, 3.8) is 0 Å². The Labute approximate surface area is 135 Å². The molecule has 114 valence electrons. The average molecular weight is 303 g/mol. The average Bonchev–Trinajstić information content (AvgIpc) is 2.61. The van der Waals surface area contributed by atoms with Crippen LogP contribution in [-0.2, 0) is 6.54 Å². The zero-order chi connectivity index (χ0) is 16.1. The van der Waals surface area contributed by atoms with Gasteiger partial charge in [0.15, 0.2) is 0 Å². The third-order valence-corrected chi connectivity index (χ3v) is 3.55. The Morgan fingerprint density at radius 1 is 1.04 bits per heavy atom. The van der Waals surface area contributed by atoms with E-state index in [-0.39, 0.29) is 5.91 Å². The molecule has 3 aromatic rings. The van der Waals surface area contributed by atoms with Gasteiger partial charge in [-0.2, -0.15) is 0 Å². The summed E-state index contributed by atoms with van der Waals surface area (Å²) in [4.78, 5) is 20.5. The topological polar surface area (TPSA) is 54.9 Å². The van der Waals surface area contributed by atoms with Gasteiger partial charge in [-0.1, -0.05) is 35.9 Å². The molecule has 0 saturated heterocycles. The summed E-state index contributed by atoms with van der Waals surface area (Å²) in [6.07, 6.45) is 5.05. The van der Waals surface area contributed by atoms with E-state index in [0.717, 1.165) is 16.8 Å². The molecule has 3 rings (SSSR count). The number of aromatic nitrogens is 2. The molecule has 0 fully saturated rings. The van der Waals surface area contributed by atoms with E-state index in [4.69, 9.17) is 0 Å². The molecule has 0 radical (unpaired) electrons. The molecule has 0 bridgehead atoms. The fraction of sp³-hybridized carbons (Fsp3) is 0.105. The van der Waals surface area contributed by atoms with Crippen molar-refractivity contribution in [1.82, 2.24) is 15.3 Å². The van der Waals surface area contributed by atoms with E-state index >= 15 is 0 Å². The monoisotopic (exact) mass is 303 g/mol. The molecule has 0 unspecified atom stereocenters. The summed E-state index contributed by atoms with van der Waals surface area (Å²) in [5, 5.41) is 2.86. The van der Waals surface area contributed by atoms with E-state index in [0.29, 0.717) is 12.1 Å². The fourth-order valence-corrected chi connectivity index (χ4v) is 2.21.